The second kappa shape index (κ2) is 6.91. The highest BCUT2D eigenvalue weighted by atomic mass is 19.4. The van der Waals surface area contributed by atoms with Crippen LogP contribution in [0.15, 0.2) is 67.3 Å². The molecule has 0 radical (unpaired) electrons. The molecule has 5 nitrogen and oxygen atoms in total. The number of benzene rings is 1. The zero-order chi connectivity index (χ0) is 21.9. The van der Waals surface area contributed by atoms with E-state index in [1.54, 1.807) is 30.7 Å². The van der Waals surface area contributed by atoms with E-state index in [1.807, 2.05) is 35.0 Å². The minimum atomic E-state index is -4.56. The van der Waals surface area contributed by atoms with Gasteiger partial charge in [0.1, 0.15) is 11.4 Å². The molecule has 6 rings (SSSR count). The zero-order valence-electron chi connectivity index (χ0n) is 16.9. The highest BCUT2D eigenvalue weighted by Gasteiger charge is 2.38. The smallest absolute Gasteiger partial charge is 0.315 e. The molecule has 0 N–H and O–H groups in total. The summed E-state index contributed by atoms with van der Waals surface area (Å²) < 4.78 is 46.0. The van der Waals surface area contributed by atoms with Crippen LogP contribution in [-0.4, -0.2) is 24.1 Å². The summed E-state index contributed by atoms with van der Waals surface area (Å²) in [5, 5.41) is 8.86. The molecule has 4 aromatic heterocycles. The van der Waals surface area contributed by atoms with Gasteiger partial charge in [-0.3, -0.25) is 9.38 Å². The highest BCUT2D eigenvalue weighted by Crippen LogP contribution is 2.41. The van der Waals surface area contributed by atoms with E-state index in [4.69, 9.17) is 0 Å². The van der Waals surface area contributed by atoms with Gasteiger partial charge in [-0.15, -0.1) is 10.2 Å². The zero-order valence-corrected chi connectivity index (χ0v) is 16.9. The Balaban J connectivity index is 1.50. The number of fused-ring (bicyclic) bond motifs is 2. The second-order valence-corrected chi connectivity index (χ2v) is 8.23. The molecule has 0 unspecified atom stereocenters. The van der Waals surface area contributed by atoms with Gasteiger partial charge in [0.05, 0.1) is 17.4 Å². The van der Waals surface area contributed by atoms with Crippen LogP contribution in [0, 0.1) is 5.92 Å². The number of rotatable bonds is 4. The van der Waals surface area contributed by atoms with Crippen molar-refractivity contribution in [2.75, 3.05) is 0 Å². The van der Waals surface area contributed by atoms with Crippen molar-refractivity contribution in [3.8, 4) is 16.8 Å². The third kappa shape index (κ3) is 3.14. The average molecular weight is 433 g/mol. The van der Waals surface area contributed by atoms with Crippen LogP contribution in [0.3, 0.4) is 0 Å². The molecule has 0 amide bonds. The summed E-state index contributed by atoms with van der Waals surface area (Å²) in [5.74, 6) is 1.09. The molecule has 5 aromatic rings. The lowest BCUT2D eigenvalue weighted by Crippen LogP contribution is -2.11. The normalized spacial score (nSPS) is 14.5. The van der Waals surface area contributed by atoms with Crippen molar-refractivity contribution >= 4 is 16.6 Å². The van der Waals surface area contributed by atoms with E-state index in [9.17, 15) is 13.2 Å². The number of pyridine rings is 2. The first-order valence-electron chi connectivity index (χ1n) is 10.4. The van der Waals surface area contributed by atoms with E-state index in [1.165, 1.54) is 10.5 Å². The largest absolute Gasteiger partial charge is 0.420 e. The molecule has 160 valence electrons. The van der Waals surface area contributed by atoms with Crippen LogP contribution in [-0.2, 0) is 12.6 Å². The number of hydrogen-bond acceptors (Lipinski definition) is 3. The fraction of sp³-hybridized carbons (Fsp3) is 0.208. The molecular weight excluding hydrogens is 415 g/mol. The van der Waals surface area contributed by atoms with Crippen molar-refractivity contribution in [2.45, 2.75) is 25.4 Å². The van der Waals surface area contributed by atoms with Gasteiger partial charge in [0.25, 0.3) is 0 Å². The predicted molar refractivity (Wildman–Crippen MR) is 114 cm³/mol. The molecule has 1 aliphatic rings. The van der Waals surface area contributed by atoms with E-state index in [2.05, 4.69) is 15.2 Å². The van der Waals surface area contributed by atoms with Crippen LogP contribution in [0.2, 0.25) is 0 Å². The maximum atomic E-state index is 14.2. The molecule has 0 bridgehead atoms. The maximum absolute atomic E-state index is 14.2. The fourth-order valence-electron chi connectivity index (χ4n) is 4.27. The lowest BCUT2D eigenvalue weighted by Gasteiger charge is -2.15. The Labute approximate surface area is 181 Å². The number of nitrogens with zero attached hydrogens (tertiary/aromatic N) is 5. The first-order chi connectivity index (χ1) is 15.5. The lowest BCUT2D eigenvalue weighted by molar-refractivity contribution is -0.136. The highest BCUT2D eigenvalue weighted by molar-refractivity contribution is 5.88. The van der Waals surface area contributed by atoms with Crippen LogP contribution < -0.4 is 0 Å². The molecule has 1 aliphatic carbocycles. The standard InChI is InChI=1S/C24H18F3N5/c25-24(26,27)22-19(8-11-32-21(12-15-3-4-15)29-30-23(22)32)16-5-6-20-17(13-16)7-10-31(20)18-2-1-9-28-14-18/h1-2,5-11,13-15H,3-4,12H2. The molecule has 1 saturated carbocycles. The summed E-state index contributed by atoms with van der Waals surface area (Å²) in [7, 11) is 0. The summed E-state index contributed by atoms with van der Waals surface area (Å²) in [6.07, 6.45) is 5.28. The number of alkyl halides is 3. The van der Waals surface area contributed by atoms with Crippen LogP contribution >= 0.6 is 0 Å². The quantitative estimate of drug-likeness (QED) is 0.365. The van der Waals surface area contributed by atoms with Crippen LogP contribution in [0.1, 0.15) is 24.2 Å². The van der Waals surface area contributed by atoms with Gasteiger partial charge in [-0.1, -0.05) is 6.07 Å². The Morgan fingerprint density at radius 3 is 2.62 bits per heavy atom. The Kier molecular flexibility index (Phi) is 4.11. The van der Waals surface area contributed by atoms with Crippen molar-refractivity contribution in [1.82, 2.24) is 24.1 Å². The minimum Gasteiger partial charge on any atom is -0.315 e. The second-order valence-electron chi connectivity index (χ2n) is 8.23. The van der Waals surface area contributed by atoms with E-state index in [0.29, 0.717) is 23.7 Å². The Bertz CT molecular complexity index is 1450. The van der Waals surface area contributed by atoms with Gasteiger partial charge in [-0.25, -0.2) is 0 Å². The van der Waals surface area contributed by atoms with E-state index < -0.39 is 11.7 Å². The molecule has 8 heteroatoms. The molecule has 4 heterocycles. The maximum Gasteiger partial charge on any atom is 0.420 e. The monoisotopic (exact) mass is 433 g/mol. The van der Waals surface area contributed by atoms with Gasteiger partial charge in [0, 0.05) is 30.4 Å². The first-order valence-corrected chi connectivity index (χ1v) is 10.4. The van der Waals surface area contributed by atoms with Crippen molar-refractivity contribution in [2.24, 2.45) is 5.92 Å². The molecule has 0 spiro atoms. The average Bonchev–Trinajstić information content (AvgIpc) is 3.36. The number of hydrogen-bond donors (Lipinski definition) is 0. The van der Waals surface area contributed by atoms with Gasteiger partial charge in [-0.2, -0.15) is 13.2 Å². The van der Waals surface area contributed by atoms with Crippen molar-refractivity contribution < 1.29 is 13.2 Å². The molecule has 0 saturated heterocycles. The Morgan fingerprint density at radius 2 is 1.88 bits per heavy atom. The third-order valence-electron chi connectivity index (χ3n) is 6.03. The molecule has 32 heavy (non-hydrogen) atoms. The minimum absolute atomic E-state index is 0.103. The number of halogens is 3. The van der Waals surface area contributed by atoms with Crippen LogP contribution in [0.5, 0.6) is 0 Å². The molecular formula is C24H18F3N5. The van der Waals surface area contributed by atoms with Crippen molar-refractivity contribution in [3.05, 3.63) is 78.6 Å². The van der Waals surface area contributed by atoms with E-state index in [0.717, 1.165) is 29.4 Å². The Hall–Kier alpha value is -3.68. The van der Waals surface area contributed by atoms with Gasteiger partial charge in [-0.05, 0) is 66.3 Å². The predicted octanol–water partition coefficient (Wildman–Crippen LogP) is 5.71. The van der Waals surface area contributed by atoms with Gasteiger partial charge in [0.2, 0.25) is 0 Å². The van der Waals surface area contributed by atoms with Gasteiger partial charge < -0.3 is 4.57 Å². The Morgan fingerprint density at radius 1 is 1.00 bits per heavy atom. The third-order valence-corrected chi connectivity index (χ3v) is 6.03. The summed E-state index contributed by atoms with van der Waals surface area (Å²) in [4.78, 5) is 4.14. The summed E-state index contributed by atoms with van der Waals surface area (Å²) >= 11 is 0. The van der Waals surface area contributed by atoms with Crippen molar-refractivity contribution in [3.63, 3.8) is 0 Å². The number of aromatic nitrogens is 5. The van der Waals surface area contributed by atoms with Crippen molar-refractivity contribution in [1.29, 1.82) is 0 Å². The van der Waals surface area contributed by atoms with E-state index in [-0.39, 0.29) is 11.2 Å². The summed E-state index contributed by atoms with van der Waals surface area (Å²) in [5.41, 5.74) is 1.48. The van der Waals surface area contributed by atoms with E-state index >= 15 is 0 Å². The molecule has 1 fully saturated rings. The molecule has 0 atom stereocenters. The fourth-order valence-corrected chi connectivity index (χ4v) is 4.27. The molecule has 1 aromatic carbocycles. The lowest BCUT2D eigenvalue weighted by atomic mass is 9.99. The van der Waals surface area contributed by atoms with Crippen LogP contribution in [0.25, 0.3) is 33.4 Å². The van der Waals surface area contributed by atoms with Crippen LogP contribution in [0.4, 0.5) is 13.2 Å². The summed E-state index contributed by atoms with van der Waals surface area (Å²) in [6, 6.07) is 12.5. The topological polar surface area (TPSA) is 48.0 Å². The SMILES string of the molecule is FC(F)(F)c1c(-c2ccc3c(ccn3-c3cccnc3)c2)ccn2c(CC3CC3)nnc12. The van der Waals surface area contributed by atoms with Gasteiger partial charge in [0.15, 0.2) is 5.65 Å². The first kappa shape index (κ1) is 19.0. The summed E-state index contributed by atoms with van der Waals surface area (Å²) in [6.45, 7) is 0. The van der Waals surface area contributed by atoms with Gasteiger partial charge >= 0.3 is 6.18 Å². The molecule has 0 aliphatic heterocycles.